The third kappa shape index (κ3) is 3.63. The van der Waals surface area contributed by atoms with E-state index in [2.05, 4.69) is 15.2 Å². The van der Waals surface area contributed by atoms with E-state index in [1.54, 1.807) is 4.90 Å². The molecule has 1 fully saturated rings. The van der Waals surface area contributed by atoms with Crippen LogP contribution in [0, 0.1) is 0 Å². The molecule has 5 rings (SSSR count). The van der Waals surface area contributed by atoms with E-state index in [9.17, 15) is 9.59 Å². The highest BCUT2D eigenvalue weighted by atomic mass is 32.1. The number of fused-ring (bicyclic) bond motifs is 1. The molecule has 7 nitrogen and oxygen atoms in total. The zero-order chi connectivity index (χ0) is 21.4. The lowest BCUT2D eigenvalue weighted by atomic mass is 10.1. The van der Waals surface area contributed by atoms with Crippen LogP contribution < -0.4 is 4.90 Å². The summed E-state index contributed by atoms with van der Waals surface area (Å²) in [5.74, 6) is -0.343. The van der Waals surface area contributed by atoms with E-state index in [1.807, 2.05) is 55.5 Å². The Morgan fingerprint density at radius 1 is 1.16 bits per heavy atom. The molecule has 2 heterocycles. The van der Waals surface area contributed by atoms with Gasteiger partial charge >= 0.3 is 6.01 Å². The molecule has 2 aromatic heterocycles. The van der Waals surface area contributed by atoms with Crippen LogP contribution in [0.5, 0.6) is 0 Å². The predicted octanol–water partition coefficient (Wildman–Crippen LogP) is 4.53. The van der Waals surface area contributed by atoms with Crippen LogP contribution in [0.15, 0.2) is 52.9 Å². The lowest BCUT2D eigenvalue weighted by molar-refractivity contribution is -0.118. The number of benzene rings is 2. The van der Waals surface area contributed by atoms with Gasteiger partial charge in [-0.25, -0.2) is 4.98 Å². The lowest BCUT2D eigenvalue weighted by Crippen LogP contribution is -2.38. The molecule has 0 bridgehead atoms. The molecule has 0 spiro atoms. The van der Waals surface area contributed by atoms with E-state index < -0.39 is 5.78 Å². The summed E-state index contributed by atoms with van der Waals surface area (Å²) in [6.07, 6.45) is 2.19. The van der Waals surface area contributed by atoms with Gasteiger partial charge in [0, 0.05) is 13.0 Å². The quantitative estimate of drug-likeness (QED) is 0.414. The first-order valence-electron chi connectivity index (χ1n) is 10.3. The number of Topliss-reactive ketones (excluding diaryl/α,β-unsaturated/α-hetero) is 1. The number of rotatable bonds is 6. The van der Waals surface area contributed by atoms with Gasteiger partial charge in [0.25, 0.3) is 11.7 Å². The first-order chi connectivity index (χ1) is 15.1. The average Bonchev–Trinajstić information content (AvgIpc) is 3.54. The molecule has 31 heavy (non-hydrogen) atoms. The molecule has 1 atom stereocenters. The number of nitrogens with zero attached hydrogens (tertiary/aromatic N) is 4. The second-order valence-corrected chi connectivity index (χ2v) is 8.48. The van der Waals surface area contributed by atoms with Gasteiger partial charge < -0.3 is 9.32 Å². The largest absolute Gasteiger partial charge is 0.400 e. The van der Waals surface area contributed by atoms with E-state index in [-0.39, 0.29) is 23.7 Å². The highest BCUT2D eigenvalue weighted by molar-refractivity contribution is 7.20. The van der Waals surface area contributed by atoms with Gasteiger partial charge in [-0.1, -0.05) is 41.5 Å². The second-order valence-electron chi connectivity index (χ2n) is 7.45. The van der Waals surface area contributed by atoms with Gasteiger partial charge in [-0.3, -0.25) is 9.59 Å². The van der Waals surface area contributed by atoms with Crippen molar-refractivity contribution in [2.24, 2.45) is 0 Å². The maximum absolute atomic E-state index is 12.9. The Kier molecular flexibility index (Phi) is 5.07. The van der Waals surface area contributed by atoms with Crippen LogP contribution in [0.2, 0.25) is 0 Å². The smallest absolute Gasteiger partial charge is 0.319 e. The fraction of sp³-hybridized carbons (Fsp3) is 0.261. The van der Waals surface area contributed by atoms with Gasteiger partial charge in [-0.05, 0) is 43.0 Å². The summed E-state index contributed by atoms with van der Waals surface area (Å²) in [6, 6.07) is 15.9. The Labute approximate surface area is 182 Å². The number of aromatic nitrogens is 3. The van der Waals surface area contributed by atoms with Crippen LogP contribution in [0.4, 0.5) is 6.01 Å². The number of carbonyl (C=O) groups is 2. The number of thiazole rings is 1. The number of hydrogen-bond acceptors (Lipinski definition) is 8. The van der Waals surface area contributed by atoms with Crippen LogP contribution in [-0.4, -0.2) is 39.3 Å². The van der Waals surface area contributed by atoms with Gasteiger partial charge in [0.1, 0.15) is 0 Å². The number of carbonyl (C=O) groups excluding carboxylic acids is 2. The summed E-state index contributed by atoms with van der Waals surface area (Å²) >= 11 is 1.30. The van der Waals surface area contributed by atoms with Crippen LogP contribution >= 0.6 is 11.3 Å². The Hall–Kier alpha value is -3.39. The molecule has 0 aliphatic heterocycles. The Morgan fingerprint density at radius 3 is 2.74 bits per heavy atom. The van der Waals surface area contributed by atoms with Crippen molar-refractivity contribution in [1.29, 1.82) is 0 Å². The number of hydrogen-bond donors (Lipinski definition) is 0. The first kappa shape index (κ1) is 19.6. The topological polar surface area (TPSA) is 89.2 Å². The van der Waals surface area contributed by atoms with Gasteiger partial charge in [0.15, 0.2) is 10.8 Å². The summed E-state index contributed by atoms with van der Waals surface area (Å²) in [7, 11) is 0. The van der Waals surface area contributed by atoms with Crippen molar-refractivity contribution in [1.82, 2.24) is 15.2 Å². The SMILES string of the molecule is CCN(c1nnc(C(=O)c2nc3ccc(-c4ccccc4)cc3s2)o1)C1CCCC1=O. The number of ketones is 2. The summed E-state index contributed by atoms with van der Waals surface area (Å²) in [5, 5.41) is 8.28. The number of anilines is 1. The first-order valence-corrected chi connectivity index (χ1v) is 11.1. The Balaban J connectivity index is 1.42. The molecule has 0 N–H and O–H groups in total. The third-order valence-electron chi connectivity index (χ3n) is 5.53. The summed E-state index contributed by atoms with van der Waals surface area (Å²) in [4.78, 5) is 31.3. The van der Waals surface area contributed by atoms with E-state index in [0.29, 0.717) is 18.0 Å². The van der Waals surface area contributed by atoms with E-state index in [0.717, 1.165) is 34.2 Å². The fourth-order valence-electron chi connectivity index (χ4n) is 3.96. The van der Waals surface area contributed by atoms with Crippen molar-refractivity contribution >= 4 is 39.1 Å². The molecule has 2 aromatic carbocycles. The van der Waals surface area contributed by atoms with Crippen LogP contribution in [-0.2, 0) is 4.79 Å². The van der Waals surface area contributed by atoms with E-state index >= 15 is 0 Å². The molecular formula is C23H20N4O3S. The zero-order valence-corrected chi connectivity index (χ0v) is 17.8. The predicted molar refractivity (Wildman–Crippen MR) is 118 cm³/mol. The highest BCUT2D eigenvalue weighted by Crippen LogP contribution is 2.30. The molecule has 156 valence electrons. The molecule has 1 unspecified atom stereocenters. The summed E-state index contributed by atoms with van der Waals surface area (Å²) in [5.41, 5.74) is 2.92. The Bertz CT molecular complexity index is 1260. The van der Waals surface area contributed by atoms with Crippen molar-refractivity contribution in [3.05, 3.63) is 59.4 Å². The van der Waals surface area contributed by atoms with Crippen LogP contribution in [0.25, 0.3) is 21.3 Å². The number of likely N-dealkylation sites (N-methyl/N-ethyl adjacent to an activating group) is 1. The van der Waals surface area contributed by atoms with Crippen molar-refractivity contribution in [3.63, 3.8) is 0 Å². The van der Waals surface area contributed by atoms with Gasteiger partial charge in [-0.2, -0.15) is 0 Å². The maximum atomic E-state index is 12.9. The Morgan fingerprint density at radius 2 is 2.00 bits per heavy atom. The maximum Gasteiger partial charge on any atom is 0.319 e. The van der Waals surface area contributed by atoms with Crippen molar-refractivity contribution < 1.29 is 14.0 Å². The average molecular weight is 433 g/mol. The van der Waals surface area contributed by atoms with Crippen molar-refractivity contribution in [2.45, 2.75) is 32.2 Å². The normalized spacial score (nSPS) is 16.2. The lowest BCUT2D eigenvalue weighted by Gasteiger charge is -2.23. The standard InChI is InChI=1S/C23H20N4O3S/c1-2-27(17-9-6-10-18(17)28)23-26-25-21(30-23)20(29)22-24-16-12-11-15(13-19(16)31-22)14-7-4-3-5-8-14/h3-5,7-8,11-13,17H,2,6,9-10H2,1H3. The molecule has 1 aliphatic carbocycles. The molecule has 4 aromatic rings. The monoisotopic (exact) mass is 432 g/mol. The summed E-state index contributed by atoms with van der Waals surface area (Å²) < 4.78 is 6.58. The van der Waals surface area contributed by atoms with Crippen molar-refractivity contribution in [2.75, 3.05) is 11.4 Å². The zero-order valence-electron chi connectivity index (χ0n) is 16.9. The van der Waals surface area contributed by atoms with Crippen LogP contribution in [0.3, 0.4) is 0 Å². The second kappa shape index (κ2) is 8.03. The molecule has 0 amide bonds. The minimum absolute atomic E-state index is 0.110. The summed E-state index contributed by atoms with van der Waals surface area (Å²) in [6.45, 7) is 2.48. The van der Waals surface area contributed by atoms with Crippen LogP contribution in [0.1, 0.15) is 41.9 Å². The van der Waals surface area contributed by atoms with Gasteiger partial charge in [0.2, 0.25) is 0 Å². The molecule has 8 heteroatoms. The molecular weight excluding hydrogens is 412 g/mol. The van der Waals surface area contributed by atoms with Crippen molar-refractivity contribution in [3.8, 4) is 11.1 Å². The van der Waals surface area contributed by atoms with E-state index in [1.165, 1.54) is 11.3 Å². The fourth-order valence-corrected chi connectivity index (χ4v) is 4.90. The molecule has 0 saturated heterocycles. The minimum atomic E-state index is -0.407. The molecule has 1 aliphatic rings. The molecule has 0 radical (unpaired) electrons. The van der Waals surface area contributed by atoms with Gasteiger partial charge in [0.05, 0.1) is 16.3 Å². The van der Waals surface area contributed by atoms with E-state index in [4.69, 9.17) is 4.42 Å². The third-order valence-corrected chi connectivity index (χ3v) is 6.55. The highest BCUT2D eigenvalue weighted by Gasteiger charge is 2.33. The van der Waals surface area contributed by atoms with Gasteiger partial charge in [-0.15, -0.1) is 16.4 Å². The minimum Gasteiger partial charge on any atom is -0.400 e. The molecule has 1 saturated carbocycles.